The average Bonchev–Trinajstić information content (AvgIpc) is 2.28. The third-order valence-electron chi connectivity index (χ3n) is 2.34. The molecule has 0 aliphatic carbocycles. The number of rotatable bonds is 7. The lowest BCUT2D eigenvalue weighted by Crippen LogP contribution is -2.22. The number of hydrogen-bond donors (Lipinski definition) is 2. The van der Waals surface area contributed by atoms with E-state index in [1.54, 1.807) is 6.07 Å². The number of halogens is 1. The molecule has 5 heteroatoms. The molecule has 100 valence electrons. The summed E-state index contributed by atoms with van der Waals surface area (Å²) in [6, 6.07) is 5.96. The lowest BCUT2D eigenvalue weighted by atomic mass is 10.2. The molecule has 1 amide bonds. The minimum absolute atomic E-state index is 0.183. The average molecular weight is 271 g/mol. The predicted octanol–water partition coefficient (Wildman–Crippen LogP) is 2.09. The Bertz CT molecular complexity index is 408. The molecular formula is C13H19ClN2O2. The first-order chi connectivity index (χ1) is 8.50. The van der Waals surface area contributed by atoms with Crippen LogP contribution in [0.4, 0.5) is 0 Å². The van der Waals surface area contributed by atoms with Crippen molar-refractivity contribution in [2.45, 2.75) is 32.9 Å². The van der Waals surface area contributed by atoms with E-state index in [0.29, 0.717) is 23.4 Å². The van der Waals surface area contributed by atoms with Gasteiger partial charge in [-0.3, -0.25) is 4.79 Å². The number of carbonyl (C=O) groups is 1. The van der Waals surface area contributed by atoms with Crippen molar-refractivity contribution in [2.24, 2.45) is 5.73 Å². The van der Waals surface area contributed by atoms with Crippen LogP contribution in [0, 0.1) is 0 Å². The third kappa shape index (κ3) is 4.94. The quantitative estimate of drug-likeness (QED) is 0.797. The van der Waals surface area contributed by atoms with E-state index in [-0.39, 0.29) is 18.9 Å². The van der Waals surface area contributed by atoms with E-state index in [9.17, 15) is 4.79 Å². The van der Waals surface area contributed by atoms with Crippen molar-refractivity contribution in [2.75, 3.05) is 6.61 Å². The summed E-state index contributed by atoms with van der Waals surface area (Å²) >= 11 is 6.09. The molecule has 1 rings (SSSR count). The standard InChI is InChI=1S/C13H19ClN2O2/c1-9(2)16-8-10-4-3-5-11(14)13(10)18-7-6-12(15)17/h3-5,9,16H,6-8H2,1-2H3,(H2,15,17). The molecule has 0 saturated carbocycles. The Labute approximate surface area is 112 Å². The van der Waals surface area contributed by atoms with Crippen molar-refractivity contribution in [3.63, 3.8) is 0 Å². The molecule has 0 saturated heterocycles. The zero-order valence-corrected chi connectivity index (χ0v) is 11.5. The first kappa shape index (κ1) is 14.8. The molecule has 0 fully saturated rings. The van der Waals surface area contributed by atoms with Gasteiger partial charge in [-0.15, -0.1) is 0 Å². The van der Waals surface area contributed by atoms with Crippen LogP contribution in [0.2, 0.25) is 5.02 Å². The topological polar surface area (TPSA) is 64.3 Å². The Morgan fingerprint density at radius 1 is 1.50 bits per heavy atom. The van der Waals surface area contributed by atoms with Gasteiger partial charge in [0.25, 0.3) is 0 Å². The Morgan fingerprint density at radius 2 is 2.22 bits per heavy atom. The van der Waals surface area contributed by atoms with E-state index in [4.69, 9.17) is 22.1 Å². The maximum absolute atomic E-state index is 10.7. The summed E-state index contributed by atoms with van der Waals surface area (Å²) in [5, 5.41) is 3.84. The molecule has 0 heterocycles. The molecule has 18 heavy (non-hydrogen) atoms. The molecule has 0 aliphatic rings. The fourth-order valence-corrected chi connectivity index (χ4v) is 1.67. The smallest absolute Gasteiger partial charge is 0.220 e. The molecular weight excluding hydrogens is 252 g/mol. The van der Waals surface area contributed by atoms with Crippen LogP contribution < -0.4 is 15.8 Å². The predicted molar refractivity (Wildman–Crippen MR) is 72.7 cm³/mol. The van der Waals surface area contributed by atoms with Crippen LogP contribution in [0.5, 0.6) is 5.75 Å². The molecule has 0 bridgehead atoms. The molecule has 0 spiro atoms. The lowest BCUT2D eigenvalue weighted by molar-refractivity contribution is -0.118. The second-order valence-electron chi connectivity index (χ2n) is 4.33. The highest BCUT2D eigenvalue weighted by Crippen LogP contribution is 2.28. The van der Waals surface area contributed by atoms with E-state index in [0.717, 1.165) is 5.56 Å². The zero-order valence-electron chi connectivity index (χ0n) is 10.7. The number of carbonyl (C=O) groups excluding carboxylic acids is 1. The van der Waals surface area contributed by atoms with Crippen LogP contribution in [0.25, 0.3) is 0 Å². The summed E-state index contributed by atoms with van der Waals surface area (Å²) in [7, 11) is 0. The van der Waals surface area contributed by atoms with Gasteiger partial charge in [-0.25, -0.2) is 0 Å². The van der Waals surface area contributed by atoms with E-state index in [1.807, 2.05) is 12.1 Å². The number of benzene rings is 1. The van der Waals surface area contributed by atoms with Crippen LogP contribution in [0.3, 0.4) is 0 Å². The van der Waals surface area contributed by atoms with Crippen molar-refractivity contribution in [1.82, 2.24) is 5.32 Å². The zero-order chi connectivity index (χ0) is 13.5. The van der Waals surface area contributed by atoms with E-state index >= 15 is 0 Å². The van der Waals surface area contributed by atoms with Gasteiger partial charge in [0.1, 0.15) is 5.75 Å². The highest BCUT2D eigenvalue weighted by Gasteiger charge is 2.09. The normalized spacial score (nSPS) is 10.7. The van der Waals surface area contributed by atoms with Gasteiger partial charge >= 0.3 is 0 Å². The van der Waals surface area contributed by atoms with Crippen molar-refractivity contribution >= 4 is 17.5 Å². The van der Waals surface area contributed by atoms with E-state index in [2.05, 4.69) is 19.2 Å². The van der Waals surface area contributed by atoms with Crippen molar-refractivity contribution in [3.8, 4) is 5.75 Å². The number of hydrogen-bond acceptors (Lipinski definition) is 3. The van der Waals surface area contributed by atoms with Crippen molar-refractivity contribution < 1.29 is 9.53 Å². The van der Waals surface area contributed by atoms with Gasteiger partial charge in [0.2, 0.25) is 5.91 Å². The van der Waals surface area contributed by atoms with Gasteiger partial charge in [0.15, 0.2) is 0 Å². The summed E-state index contributed by atoms with van der Waals surface area (Å²) in [6.45, 7) is 5.05. The summed E-state index contributed by atoms with van der Waals surface area (Å²) in [4.78, 5) is 10.7. The Balaban J connectivity index is 2.70. The highest BCUT2D eigenvalue weighted by molar-refractivity contribution is 6.32. The van der Waals surface area contributed by atoms with Gasteiger partial charge in [-0.1, -0.05) is 37.6 Å². The van der Waals surface area contributed by atoms with Crippen LogP contribution in [-0.2, 0) is 11.3 Å². The van der Waals surface area contributed by atoms with Crippen LogP contribution in [-0.4, -0.2) is 18.6 Å². The summed E-state index contributed by atoms with van der Waals surface area (Å²) < 4.78 is 5.54. The van der Waals surface area contributed by atoms with Gasteiger partial charge in [-0.2, -0.15) is 0 Å². The largest absolute Gasteiger partial charge is 0.491 e. The minimum Gasteiger partial charge on any atom is -0.491 e. The summed E-state index contributed by atoms with van der Waals surface area (Å²) in [5.74, 6) is 0.234. The van der Waals surface area contributed by atoms with Gasteiger partial charge < -0.3 is 15.8 Å². The highest BCUT2D eigenvalue weighted by atomic mass is 35.5. The second kappa shape index (κ2) is 7.24. The minimum atomic E-state index is -0.385. The Morgan fingerprint density at radius 3 is 2.83 bits per heavy atom. The number of para-hydroxylation sites is 1. The number of ether oxygens (including phenoxy) is 1. The molecule has 0 radical (unpaired) electrons. The summed E-state index contributed by atoms with van der Waals surface area (Å²) in [6.07, 6.45) is 0.183. The van der Waals surface area contributed by atoms with E-state index in [1.165, 1.54) is 0 Å². The van der Waals surface area contributed by atoms with Gasteiger partial charge in [0, 0.05) is 18.2 Å². The first-order valence-corrected chi connectivity index (χ1v) is 6.30. The Kier molecular flexibility index (Phi) is 5.95. The number of primary amides is 1. The third-order valence-corrected chi connectivity index (χ3v) is 2.64. The molecule has 0 atom stereocenters. The molecule has 0 unspecified atom stereocenters. The van der Waals surface area contributed by atoms with Gasteiger partial charge in [-0.05, 0) is 6.07 Å². The SMILES string of the molecule is CC(C)NCc1cccc(Cl)c1OCCC(N)=O. The maximum atomic E-state index is 10.7. The molecule has 4 nitrogen and oxygen atoms in total. The summed E-state index contributed by atoms with van der Waals surface area (Å²) in [5.41, 5.74) is 6.04. The Hall–Kier alpha value is -1.26. The fourth-order valence-electron chi connectivity index (χ4n) is 1.42. The number of amides is 1. The number of nitrogens with two attached hydrogens (primary N) is 1. The molecule has 0 aliphatic heterocycles. The molecule has 1 aromatic carbocycles. The van der Waals surface area contributed by atoms with Crippen molar-refractivity contribution in [3.05, 3.63) is 28.8 Å². The molecule has 3 N–H and O–H groups in total. The van der Waals surface area contributed by atoms with Crippen molar-refractivity contribution in [1.29, 1.82) is 0 Å². The first-order valence-electron chi connectivity index (χ1n) is 5.92. The second-order valence-corrected chi connectivity index (χ2v) is 4.74. The van der Waals surface area contributed by atoms with E-state index < -0.39 is 0 Å². The molecule has 1 aromatic rings. The van der Waals surface area contributed by atoms with Crippen LogP contribution >= 0.6 is 11.6 Å². The van der Waals surface area contributed by atoms with Gasteiger partial charge in [0.05, 0.1) is 18.1 Å². The monoisotopic (exact) mass is 270 g/mol. The fraction of sp³-hybridized carbons (Fsp3) is 0.462. The number of nitrogens with one attached hydrogen (secondary N) is 1. The molecule has 0 aromatic heterocycles. The van der Waals surface area contributed by atoms with Crippen LogP contribution in [0.15, 0.2) is 18.2 Å². The lowest BCUT2D eigenvalue weighted by Gasteiger charge is -2.14. The maximum Gasteiger partial charge on any atom is 0.220 e. The van der Waals surface area contributed by atoms with Crippen LogP contribution in [0.1, 0.15) is 25.8 Å².